The van der Waals surface area contributed by atoms with Gasteiger partial charge in [0.25, 0.3) is 5.91 Å². The largest absolute Gasteiger partial charge is 0.298 e. The fourth-order valence-corrected chi connectivity index (χ4v) is 2.36. The molecule has 0 fully saturated rings. The first-order valence-electron chi connectivity index (χ1n) is 5.44. The van der Waals surface area contributed by atoms with Crippen LogP contribution in [-0.2, 0) is 0 Å². The number of nitrogens with one attached hydrogen (secondary N) is 1. The van der Waals surface area contributed by atoms with E-state index in [0.717, 1.165) is 5.69 Å². The van der Waals surface area contributed by atoms with E-state index in [2.05, 4.69) is 29.1 Å². The Kier molecular flexibility index (Phi) is 3.93. The van der Waals surface area contributed by atoms with Gasteiger partial charge in [-0.25, -0.2) is 9.97 Å². The van der Waals surface area contributed by atoms with E-state index in [0.29, 0.717) is 21.8 Å². The van der Waals surface area contributed by atoms with Crippen LogP contribution in [0.5, 0.6) is 0 Å². The van der Waals surface area contributed by atoms with E-state index < -0.39 is 0 Å². The Labute approximate surface area is 114 Å². The summed E-state index contributed by atoms with van der Waals surface area (Å²) in [6.45, 7) is 4.12. The molecule has 0 saturated carbocycles. The first-order valence-corrected chi connectivity index (χ1v) is 6.70. The zero-order valence-electron chi connectivity index (χ0n) is 9.98. The zero-order chi connectivity index (χ0) is 13.1. The third-order valence-corrected chi connectivity index (χ3v) is 3.31. The lowest BCUT2D eigenvalue weighted by Crippen LogP contribution is -2.11. The fraction of sp³-hybridized carbons (Fsp3) is 0.250. The monoisotopic (exact) mass is 281 g/mol. The molecule has 2 heterocycles. The molecule has 0 aliphatic carbocycles. The van der Waals surface area contributed by atoms with Gasteiger partial charge in [0.05, 0.1) is 5.69 Å². The molecule has 0 aromatic carbocycles. The summed E-state index contributed by atoms with van der Waals surface area (Å²) in [5.41, 5.74) is 1.44. The van der Waals surface area contributed by atoms with E-state index in [1.807, 2.05) is 5.38 Å². The average molecular weight is 282 g/mol. The molecule has 4 nitrogen and oxygen atoms in total. The second-order valence-corrected chi connectivity index (χ2v) is 5.30. The van der Waals surface area contributed by atoms with Crippen LogP contribution in [-0.4, -0.2) is 15.9 Å². The lowest BCUT2D eigenvalue weighted by atomic mass is 10.2. The van der Waals surface area contributed by atoms with Crippen molar-refractivity contribution in [3.8, 4) is 0 Å². The molecule has 0 bridgehead atoms. The number of aromatic nitrogens is 2. The number of hydrogen-bond acceptors (Lipinski definition) is 4. The quantitative estimate of drug-likeness (QED) is 0.875. The summed E-state index contributed by atoms with van der Waals surface area (Å²) in [5, 5.41) is 5.58. The summed E-state index contributed by atoms with van der Waals surface area (Å²) in [6.07, 6.45) is 1.50. The van der Waals surface area contributed by atoms with Gasteiger partial charge in [0, 0.05) is 17.1 Å². The molecule has 1 amide bonds. The summed E-state index contributed by atoms with van der Waals surface area (Å²) in [6, 6.07) is 3.13. The number of rotatable bonds is 3. The van der Waals surface area contributed by atoms with Crippen LogP contribution < -0.4 is 5.32 Å². The standard InChI is InChI=1S/C12H12ClN3OS/c1-7(2)9-6-18-12(15-9)16-11(17)8-3-4-14-10(13)5-8/h3-7H,1-2H3,(H,15,16,17). The Hall–Kier alpha value is -1.46. The fourth-order valence-electron chi connectivity index (χ4n) is 1.32. The van der Waals surface area contributed by atoms with Crippen LogP contribution in [0.4, 0.5) is 5.13 Å². The summed E-state index contributed by atoms with van der Waals surface area (Å²) in [4.78, 5) is 20.1. The van der Waals surface area contributed by atoms with Crippen LogP contribution in [0, 0.1) is 0 Å². The molecule has 1 N–H and O–H groups in total. The number of carbonyl (C=O) groups is 1. The zero-order valence-corrected chi connectivity index (χ0v) is 11.5. The molecule has 0 aliphatic rings. The van der Waals surface area contributed by atoms with E-state index in [1.165, 1.54) is 23.6 Å². The van der Waals surface area contributed by atoms with Crippen LogP contribution in [0.3, 0.4) is 0 Å². The third-order valence-electron chi connectivity index (χ3n) is 2.32. The minimum absolute atomic E-state index is 0.232. The van der Waals surface area contributed by atoms with Crippen molar-refractivity contribution in [2.75, 3.05) is 5.32 Å². The highest BCUT2D eigenvalue weighted by Crippen LogP contribution is 2.22. The van der Waals surface area contributed by atoms with Crippen LogP contribution in [0.15, 0.2) is 23.7 Å². The maximum Gasteiger partial charge on any atom is 0.257 e. The summed E-state index contributed by atoms with van der Waals surface area (Å²) < 4.78 is 0. The Bertz CT molecular complexity index is 568. The van der Waals surface area contributed by atoms with E-state index in [9.17, 15) is 4.79 Å². The van der Waals surface area contributed by atoms with Gasteiger partial charge in [-0.05, 0) is 18.1 Å². The van der Waals surface area contributed by atoms with Crippen molar-refractivity contribution in [3.63, 3.8) is 0 Å². The molecule has 2 aromatic rings. The van der Waals surface area contributed by atoms with Gasteiger partial charge in [-0.2, -0.15) is 0 Å². The number of pyridine rings is 1. The molecule has 94 valence electrons. The van der Waals surface area contributed by atoms with Gasteiger partial charge in [-0.1, -0.05) is 25.4 Å². The molecule has 0 radical (unpaired) electrons. The van der Waals surface area contributed by atoms with Crippen molar-refractivity contribution in [1.82, 2.24) is 9.97 Å². The topological polar surface area (TPSA) is 54.9 Å². The van der Waals surface area contributed by atoms with Gasteiger partial charge in [-0.15, -0.1) is 11.3 Å². The SMILES string of the molecule is CC(C)c1csc(NC(=O)c2ccnc(Cl)c2)n1. The molecule has 2 aromatic heterocycles. The molecule has 0 spiro atoms. The van der Waals surface area contributed by atoms with Gasteiger partial charge in [0.15, 0.2) is 5.13 Å². The van der Waals surface area contributed by atoms with Crippen LogP contribution in [0.2, 0.25) is 5.15 Å². The number of carbonyl (C=O) groups excluding carboxylic acids is 1. The summed E-state index contributed by atoms with van der Waals surface area (Å²) in [7, 11) is 0. The molecular formula is C12H12ClN3OS. The summed E-state index contributed by atoms with van der Waals surface area (Å²) >= 11 is 7.15. The lowest BCUT2D eigenvalue weighted by Gasteiger charge is -2.02. The predicted octanol–water partition coefficient (Wildman–Crippen LogP) is 3.57. The van der Waals surface area contributed by atoms with E-state index in [4.69, 9.17) is 11.6 Å². The smallest absolute Gasteiger partial charge is 0.257 e. The minimum Gasteiger partial charge on any atom is -0.298 e. The number of anilines is 1. The van der Waals surface area contributed by atoms with E-state index in [-0.39, 0.29) is 5.91 Å². The third kappa shape index (κ3) is 3.05. The first kappa shape index (κ1) is 13.0. The van der Waals surface area contributed by atoms with Crippen LogP contribution in [0.1, 0.15) is 35.8 Å². The minimum atomic E-state index is -0.232. The molecule has 0 aliphatic heterocycles. The molecule has 6 heteroatoms. The lowest BCUT2D eigenvalue weighted by molar-refractivity contribution is 0.102. The number of thiazole rings is 1. The number of nitrogens with zero attached hydrogens (tertiary/aromatic N) is 2. The van der Waals surface area contributed by atoms with Crippen molar-refractivity contribution < 1.29 is 4.79 Å². The molecule has 0 unspecified atom stereocenters. The highest BCUT2D eigenvalue weighted by molar-refractivity contribution is 7.14. The van der Waals surface area contributed by atoms with Crippen LogP contribution >= 0.6 is 22.9 Å². The maximum absolute atomic E-state index is 11.9. The van der Waals surface area contributed by atoms with Gasteiger partial charge < -0.3 is 0 Å². The first-order chi connectivity index (χ1) is 8.56. The van der Waals surface area contributed by atoms with Gasteiger partial charge in [0.1, 0.15) is 5.15 Å². The van der Waals surface area contributed by atoms with Crippen molar-refractivity contribution in [2.45, 2.75) is 19.8 Å². The second-order valence-electron chi connectivity index (χ2n) is 4.05. The average Bonchev–Trinajstić information content (AvgIpc) is 2.77. The van der Waals surface area contributed by atoms with E-state index in [1.54, 1.807) is 6.07 Å². The number of hydrogen-bond donors (Lipinski definition) is 1. The van der Waals surface area contributed by atoms with Crippen molar-refractivity contribution in [3.05, 3.63) is 40.1 Å². The molecule has 0 saturated heterocycles. The van der Waals surface area contributed by atoms with Crippen molar-refractivity contribution >= 4 is 34.0 Å². The Morgan fingerprint density at radius 1 is 1.50 bits per heavy atom. The van der Waals surface area contributed by atoms with Crippen molar-refractivity contribution in [1.29, 1.82) is 0 Å². The van der Waals surface area contributed by atoms with Gasteiger partial charge in [0.2, 0.25) is 0 Å². The van der Waals surface area contributed by atoms with Crippen molar-refractivity contribution in [2.24, 2.45) is 0 Å². The maximum atomic E-state index is 11.9. The second kappa shape index (κ2) is 5.46. The summed E-state index contributed by atoms with van der Waals surface area (Å²) in [5.74, 6) is 0.117. The van der Waals surface area contributed by atoms with Gasteiger partial charge >= 0.3 is 0 Å². The Balaban J connectivity index is 2.11. The van der Waals surface area contributed by atoms with Gasteiger partial charge in [-0.3, -0.25) is 10.1 Å². The Morgan fingerprint density at radius 2 is 2.28 bits per heavy atom. The molecule has 18 heavy (non-hydrogen) atoms. The molecule has 0 atom stereocenters. The highest BCUT2D eigenvalue weighted by Gasteiger charge is 2.10. The van der Waals surface area contributed by atoms with Crippen LogP contribution in [0.25, 0.3) is 0 Å². The number of amides is 1. The highest BCUT2D eigenvalue weighted by atomic mass is 35.5. The normalized spacial score (nSPS) is 10.7. The molecule has 2 rings (SSSR count). The van der Waals surface area contributed by atoms with E-state index >= 15 is 0 Å². The molecular weight excluding hydrogens is 270 g/mol. The number of halogens is 1. The predicted molar refractivity (Wildman–Crippen MR) is 73.4 cm³/mol. The Morgan fingerprint density at radius 3 is 2.89 bits per heavy atom.